The summed E-state index contributed by atoms with van der Waals surface area (Å²) >= 11 is 1.52. The van der Waals surface area contributed by atoms with Crippen LogP contribution in [0.3, 0.4) is 0 Å². The number of nitrogens with zero attached hydrogens (tertiary/aromatic N) is 1. The van der Waals surface area contributed by atoms with E-state index >= 15 is 0 Å². The van der Waals surface area contributed by atoms with Gasteiger partial charge in [0.05, 0.1) is 11.6 Å². The topological polar surface area (TPSA) is 57.8 Å². The fourth-order valence-electron chi connectivity index (χ4n) is 2.18. The predicted octanol–water partition coefficient (Wildman–Crippen LogP) is 3.19. The van der Waals surface area contributed by atoms with Gasteiger partial charge in [-0.15, -0.1) is 0 Å². The fourth-order valence-corrected chi connectivity index (χ4v) is 2.81. The normalized spacial score (nSPS) is 12.0. The molecule has 0 aliphatic rings. The summed E-state index contributed by atoms with van der Waals surface area (Å²) in [5, 5.41) is 6.83. The van der Waals surface area contributed by atoms with Gasteiger partial charge in [-0.05, 0) is 17.0 Å². The van der Waals surface area contributed by atoms with Crippen molar-refractivity contribution in [2.45, 2.75) is 12.5 Å². The van der Waals surface area contributed by atoms with Gasteiger partial charge in [0.2, 0.25) is 0 Å². The number of nitrogens with one attached hydrogen (secondary N) is 2. The molecule has 3 rings (SSSR count). The van der Waals surface area contributed by atoms with Crippen LogP contribution in [0.4, 0.5) is 0 Å². The lowest BCUT2D eigenvalue weighted by Crippen LogP contribution is -2.30. The number of rotatable bonds is 5. The molecule has 0 aliphatic heterocycles. The van der Waals surface area contributed by atoms with Crippen molar-refractivity contribution in [1.82, 2.24) is 15.3 Å². The Balaban J connectivity index is 1.80. The molecule has 0 saturated carbocycles. The molecule has 2 aromatic heterocycles. The smallest absolute Gasteiger partial charge is 0.252 e. The first-order valence-corrected chi connectivity index (χ1v) is 7.63. The van der Waals surface area contributed by atoms with Crippen LogP contribution in [0.2, 0.25) is 0 Å². The highest BCUT2D eigenvalue weighted by Crippen LogP contribution is 2.18. The number of hydrogen-bond donors (Lipinski definition) is 2. The Labute approximate surface area is 126 Å². The maximum atomic E-state index is 12.3. The molecule has 0 radical (unpaired) electrons. The van der Waals surface area contributed by atoms with E-state index in [1.807, 2.05) is 47.2 Å². The van der Waals surface area contributed by atoms with Crippen molar-refractivity contribution < 1.29 is 4.79 Å². The minimum atomic E-state index is -0.107. The Bertz CT molecular complexity index is 678. The fraction of sp³-hybridized carbons (Fsp3) is 0.125. The molecule has 1 atom stereocenters. The molecular weight excluding hydrogens is 282 g/mol. The number of aromatic nitrogens is 2. The van der Waals surface area contributed by atoms with Gasteiger partial charge < -0.3 is 10.3 Å². The molecule has 0 fully saturated rings. The molecule has 0 spiro atoms. The SMILES string of the molecule is O=C(NC(Cc1ncc[nH]1)c1ccccc1)c1ccsc1. The Morgan fingerprint density at radius 1 is 1.29 bits per heavy atom. The van der Waals surface area contributed by atoms with Crippen LogP contribution in [0.1, 0.15) is 27.8 Å². The molecule has 4 nitrogen and oxygen atoms in total. The van der Waals surface area contributed by atoms with Crippen molar-refractivity contribution in [3.8, 4) is 0 Å². The van der Waals surface area contributed by atoms with E-state index in [-0.39, 0.29) is 11.9 Å². The minimum absolute atomic E-state index is 0.0586. The summed E-state index contributed by atoms with van der Waals surface area (Å²) in [7, 11) is 0. The van der Waals surface area contributed by atoms with Crippen LogP contribution in [0.25, 0.3) is 0 Å². The number of imidazole rings is 1. The average Bonchev–Trinajstić information content (AvgIpc) is 3.21. The number of amides is 1. The highest BCUT2D eigenvalue weighted by molar-refractivity contribution is 7.08. The molecule has 1 amide bonds. The maximum Gasteiger partial charge on any atom is 0.252 e. The van der Waals surface area contributed by atoms with E-state index < -0.39 is 0 Å². The van der Waals surface area contributed by atoms with Crippen LogP contribution in [0.15, 0.2) is 59.6 Å². The van der Waals surface area contributed by atoms with Crippen molar-refractivity contribution in [2.75, 3.05) is 0 Å². The second-order valence-corrected chi connectivity index (χ2v) is 5.47. The number of carbonyl (C=O) groups is 1. The highest BCUT2D eigenvalue weighted by Gasteiger charge is 2.17. The van der Waals surface area contributed by atoms with E-state index in [0.717, 1.165) is 11.4 Å². The molecule has 106 valence electrons. The average molecular weight is 297 g/mol. The summed E-state index contributed by atoms with van der Waals surface area (Å²) in [6.07, 6.45) is 4.14. The van der Waals surface area contributed by atoms with Crippen molar-refractivity contribution in [1.29, 1.82) is 0 Å². The Morgan fingerprint density at radius 2 is 2.14 bits per heavy atom. The van der Waals surface area contributed by atoms with Crippen molar-refractivity contribution in [3.05, 3.63) is 76.5 Å². The third-order valence-electron chi connectivity index (χ3n) is 3.24. The van der Waals surface area contributed by atoms with Crippen molar-refractivity contribution in [2.24, 2.45) is 0 Å². The number of hydrogen-bond acceptors (Lipinski definition) is 3. The standard InChI is InChI=1S/C16H15N3OS/c20-16(13-6-9-21-11-13)19-14(10-15-17-7-8-18-15)12-4-2-1-3-5-12/h1-9,11,14H,10H2,(H,17,18)(H,19,20). The molecule has 21 heavy (non-hydrogen) atoms. The molecule has 1 unspecified atom stereocenters. The van der Waals surface area contributed by atoms with Crippen LogP contribution in [0.5, 0.6) is 0 Å². The summed E-state index contributed by atoms with van der Waals surface area (Å²) in [5.41, 5.74) is 1.76. The number of carbonyl (C=O) groups excluding carboxylic acids is 1. The van der Waals surface area contributed by atoms with Gasteiger partial charge in [-0.3, -0.25) is 4.79 Å². The molecule has 5 heteroatoms. The van der Waals surface area contributed by atoms with E-state index in [1.165, 1.54) is 11.3 Å². The molecule has 2 N–H and O–H groups in total. The summed E-state index contributed by atoms with van der Waals surface area (Å²) in [5.74, 6) is 0.797. The zero-order valence-corrected chi connectivity index (χ0v) is 12.1. The van der Waals surface area contributed by atoms with E-state index in [0.29, 0.717) is 12.0 Å². The number of benzene rings is 1. The molecule has 0 aliphatic carbocycles. The molecule has 0 bridgehead atoms. The first kappa shape index (κ1) is 13.6. The molecular formula is C16H15N3OS. The summed E-state index contributed by atoms with van der Waals surface area (Å²) < 4.78 is 0. The second-order valence-electron chi connectivity index (χ2n) is 4.69. The zero-order chi connectivity index (χ0) is 14.5. The van der Waals surface area contributed by atoms with Crippen LogP contribution in [-0.4, -0.2) is 15.9 Å². The number of aromatic amines is 1. The van der Waals surface area contributed by atoms with Gasteiger partial charge >= 0.3 is 0 Å². The third-order valence-corrected chi connectivity index (χ3v) is 3.93. The highest BCUT2D eigenvalue weighted by atomic mass is 32.1. The van der Waals surface area contributed by atoms with Gasteiger partial charge in [0.1, 0.15) is 5.82 Å². The second kappa shape index (κ2) is 6.37. The Kier molecular flexibility index (Phi) is 4.12. The number of thiophene rings is 1. The van der Waals surface area contributed by atoms with E-state index in [1.54, 1.807) is 12.4 Å². The lowest BCUT2D eigenvalue weighted by molar-refractivity contribution is 0.0936. The van der Waals surface area contributed by atoms with E-state index in [9.17, 15) is 4.79 Å². The van der Waals surface area contributed by atoms with E-state index in [2.05, 4.69) is 15.3 Å². The van der Waals surface area contributed by atoms with Gasteiger partial charge in [-0.25, -0.2) is 4.98 Å². The molecule has 2 heterocycles. The van der Waals surface area contributed by atoms with Crippen LogP contribution in [-0.2, 0) is 6.42 Å². The Morgan fingerprint density at radius 3 is 2.81 bits per heavy atom. The lowest BCUT2D eigenvalue weighted by Gasteiger charge is -2.18. The van der Waals surface area contributed by atoms with Gasteiger partial charge in [0.15, 0.2) is 0 Å². The van der Waals surface area contributed by atoms with Crippen molar-refractivity contribution in [3.63, 3.8) is 0 Å². The maximum absolute atomic E-state index is 12.3. The van der Waals surface area contributed by atoms with Gasteiger partial charge in [0.25, 0.3) is 5.91 Å². The quantitative estimate of drug-likeness (QED) is 0.760. The summed E-state index contributed by atoms with van der Waals surface area (Å²) in [4.78, 5) is 19.6. The summed E-state index contributed by atoms with van der Waals surface area (Å²) in [6, 6.07) is 11.7. The van der Waals surface area contributed by atoms with Crippen LogP contribution >= 0.6 is 11.3 Å². The van der Waals surface area contributed by atoms with Crippen LogP contribution in [0, 0.1) is 0 Å². The first-order valence-electron chi connectivity index (χ1n) is 6.69. The summed E-state index contributed by atoms with van der Waals surface area (Å²) in [6.45, 7) is 0. The Hall–Kier alpha value is -2.40. The van der Waals surface area contributed by atoms with Crippen molar-refractivity contribution >= 4 is 17.2 Å². The monoisotopic (exact) mass is 297 g/mol. The zero-order valence-electron chi connectivity index (χ0n) is 11.3. The number of H-pyrrole nitrogens is 1. The minimum Gasteiger partial charge on any atom is -0.349 e. The first-order chi connectivity index (χ1) is 10.3. The molecule has 3 aromatic rings. The molecule has 1 aromatic carbocycles. The third kappa shape index (κ3) is 3.38. The van der Waals surface area contributed by atoms with Crippen LogP contribution < -0.4 is 5.32 Å². The van der Waals surface area contributed by atoms with Gasteiger partial charge in [0, 0.05) is 24.2 Å². The predicted molar refractivity (Wildman–Crippen MR) is 83.3 cm³/mol. The molecule has 0 saturated heterocycles. The van der Waals surface area contributed by atoms with Gasteiger partial charge in [-0.1, -0.05) is 30.3 Å². The lowest BCUT2D eigenvalue weighted by atomic mass is 10.0. The van der Waals surface area contributed by atoms with Gasteiger partial charge in [-0.2, -0.15) is 11.3 Å². The largest absolute Gasteiger partial charge is 0.349 e. The van der Waals surface area contributed by atoms with E-state index in [4.69, 9.17) is 0 Å².